The van der Waals surface area contributed by atoms with E-state index in [1.807, 2.05) is 0 Å². The molecule has 2 unspecified atom stereocenters. The molecule has 0 bridgehead atoms. The molecule has 2 atom stereocenters. The lowest BCUT2D eigenvalue weighted by atomic mass is 9.66. The predicted octanol–water partition coefficient (Wildman–Crippen LogP) is 1.99. The quantitative estimate of drug-likeness (QED) is 0.835. The van der Waals surface area contributed by atoms with Crippen molar-refractivity contribution in [3.05, 3.63) is 24.3 Å². The monoisotopic (exact) mass is 402 g/mol. The van der Waals surface area contributed by atoms with Crippen LogP contribution in [0.4, 0.5) is 10.1 Å². The summed E-state index contributed by atoms with van der Waals surface area (Å²) in [4.78, 5) is 21.6. The molecule has 29 heavy (non-hydrogen) atoms. The fourth-order valence-electron chi connectivity index (χ4n) is 6.04. The zero-order valence-corrected chi connectivity index (χ0v) is 17.0. The lowest BCUT2D eigenvalue weighted by Gasteiger charge is -2.42. The molecule has 1 spiro atoms. The zero-order valence-electron chi connectivity index (χ0n) is 17.0. The summed E-state index contributed by atoms with van der Waals surface area (Å²) in [6, 6.07) is 1.75. The van der Waals surface area contributed by atoms with Gasteiger partial charge in [-0.05, 0) is 38.2 Å². The van der Waals surface area contributed by atoms with Gasteiger partial charge >= 0.3 is 0 Å². The van der Waals surface area contributed by atoms with E-state index in [4.69, 9.17) is 4.74 Å². The van der Waals surface area contributed by atoms with Gasteiger partial charge in [-0.1, -0.05) is 0 Å². The van der Waals surface area contributed by atoms with E-state index in [2.05, 4.69) is 20.1 Å². The number of aromatic nitrogens is 1. The molecule has 6 nitrogen and oxygen atoms in total. The number of carbonyl (C=O) groups is 1. The van der Waals surface area contributed by atoms with Crippen LogP contribution in [0.1, 0.15) is 38.5 Å². The normalized spacial score (nSPS) is 32.5. The summed E-state index contributed by atoms with van der Waals surface area (Å²) in [7, 11) is 0. The van der Waals surface area contributed by atoms with Crippen molar-refractivity contribution in [2.24, 2.45) is 5.41 Å². The Kier molecular flexibility index (Phi) is 5.08. The largest absolute Gasteiger partial charge is 0.370 e. The first-order valence-corrected chi connectivity index (χ1v) is 11.1. The Labute approximate surface area is 171 Å². The Hall–Kier alpha value is -1.57. The number of fused-ring (bicyclic) bond motifs is 1. The van der Waals surface area contributed by atoms with Gasteiger partial charge in [0, 0.05) is 58.4 Å². The molecule has 1 aromatic rings. The van der Waals surface area contributed by atoms with E-state index in [9.17, 15) is 9.18 Å². The predicted molar refractivity (Wildman–Crippen MR) is 108 cm³/mol. The third-order valence-corrected chi connectivity index (χ3v) is 7.55. The van der Waals surface area contributed by atoms with Gasteiger partial charge in [0.15, 0.2) is 5.82 Å². The maximum Gasteiger partial charge on any atom is 0.164 e. The number of ether oxygens (including phenoxy) is 1. The zero-order chi connectivity index (χ0) is 19.9. The molecule has 4 heterocycles. The molecule has 0 aromatic carbocycles. The van der Waals surface area contributed by atoms with E-state index in [1.54, 1.807) is 12.3 Å². The van der Waals surface area contributed by atoms with Crippen molar-refractivity contribution in [1.29, 1.82) is 0 Å². The van der Waals surface area contributed by atoms with Crippen molar-refractivity contribution in [3.8, 4) is 0 Å². The molecule has 158 valence electrons. The summed E-state index contributed by atoms with van der Waals surface area (Å²) in [6.07, 6.45) is 8.12. The van der Waals surface area contributed by atoms with Crippen molar-refractivity contribution in [2.45, 2.75) is 50.2 Å². The lowest BCUT2D eigenvalue weighted by molar-refractivity contribution is -0.139. The second kappa shape index (κ2) is 7.60. The third kappa shape index (κ3) is 3.47. The molecule has 3 saturated heterocycles. The van der Waals surface area contributed by atoms with Crippen LogP contribution in [0.15, 0.2) is 18.5 Å². The topological polar surface area (TPSA) is 57.7 Å². The van der Waals surface area contributed by atoms with Crippen LogP contribution >= 0.6 is 0 Å². The number of carbonyl (C=O) groups excluding carboxylic acids is 1. The lowest BCUT2D eigenvalue weighted by Crippen LogP contribution is -2.54. The van der Waals surface area contributed by atoms with E-state index < -0.39 is 0 Å². The Balaban J connectivity index is 1.33. The summed E-state index contributed by atoms with van der Waals surface area (Å²) >= 11 is 0. The Morgan fingerprint density at radius 3 is 2.79 bits per heavy atom. The fraction of sp³-hybridized carbons (Fsp3) is 0.727. The highest BCUT2D eigenvalue weighted by molar-refractivity contribution is 5.87. The van der Waals surface area contributed by atoms with Gasteiger partial charge < -0.3 is 15.0 Å². The molecule has 5 rings (SSSR count). The number of pyridine rings is 1. The van der Waals surface area contributed by atoms with Crippen LogP contribution in [0, 0.1) is 11.2 Å². The highest BCUT2D eigenvalue weighted by Gasteiger charge is 2.61. The number of piperazine rings is 1. The minimum atomic E-state index is -0.348. The van der Waals surface area contributed by atoms with Crippen molar-refractivity contribution in [2.75, 3.05) is 50.7 Å². The van der Waals surface area contributed by atoms with E-state index in [0.29, 0.717) is 17.9 Å². The number of piperidine rings is 1. The van der Waals surface area contributed by atoms with Crippen LogP contribution in [-0.4, -0.2) is 73.2 Å². The van der Waals surface area contributed by atoms with Crippen molar-refractivity contribution in [1.82, 2.24) is 15.2 Å². The summed E-state index contributed by atoms with van der Waals surface area (Å²) in [5.74, 6) is 0.140. The van der Waals surface area contributed by atoms with Gasteiger partial charge in [0.1, 0.15) is 5.78 Å². The molecule has 4 aliphatic rings. The molecule has 0 radical (unpaired) electrons. The molecule has 1 saturated carbocycles. The van der Waals surface area contributed by atoms with Gasteiger partial charge in [-0.2, -0.15) is 0 Å². The summed E-state index contributed by atoms with van der Waals surface area (Å²) in [5, 5.41) is 3.40. The van der Waals surface area contributed by atoms with Crippen LogP contribution < -0.4 is 10.2 Å². The van der Waals surface area contributed by atoms with Crippen LogP contribution in [0.5, 0.6) is 0 Å². The number of ketones is 1. The summed E-state index contributed by atoms with van der Waals surface area (Å²) < 4.78 is 20.9. The molecule has 0 amide bonds. The minimum absolute atomic E-state index is 0.0443. The van der Waals surface area contributed by atoms with E-state index in [-0.39, 0.29) is 22.9 Å². The first-order chi connectivity index (χ1) is 14.1. The second-order valence-electron chi connectivity index (χ2n) is 9.28. The SMILES string of the molecule is O=C1CCCC2OC3(CCN(c4ccncc4F)CC3)CC12CN1CCNCC1. The Bertz CT molecular complexity index is 761. The van der Waals surface area contributed by atoms with E-state index >= 15 is 0 Å². The van der Waals surface area contributed by atoms with Gasteiger partial charge in [0.05, 0.1) is 29.0 Å². The smallest absolute Gasteiger partial charge is 0.164 e. The van der Waals surface area contributed by atoms with Crippen molar-refractivity contribution < 1.29 is 13.9 Å². The number of halogens is 1. The number of hydrogen-bond acceptors (Lipinski definition) is 6. The first-order valence-electron chi connectivity index (χ1n) is 11.1. The molecule has 4 fully saturated rings. The molecule has 1 aliphatic carbocycles. The van der Waals surface area contributed by atoms with Gasteiger partial charge in [0.25, 0.3) is 0 Å². The molecular weight excluding hydrogens is 371 g/mol. The number of nitrogens with zero attached hydrogens (tertiary/aromatic N) is 3. The maximum absolute atomic E-state index is 14.2. The molecule has 1 N–H and O–H groups in total. The average molecular weight is 403 g/mol. The van der Waals surface area contributed by atoms with Crippen molar-refractivity contribution in [3.63, 3.8) is 0 Å². The van der Waals surface area contributed by atoms with Crippen LogP contribution in [0.3, 0.4) is 0 Å². The Morgan fingerprint density at radius 1 is 1.24 bits per heavy atom. The number of hydrogen-bond donors (Lipinski definition) is 1. The standard InChI is InChI=1S/C22H31FN4O2/c23-17-14-25-7-4-18(17)27-10-5-21(6-11-27)15-22(16-26-12-8-24-9-13-26)19(28)2-1-3-20(22)29-21/h4,7,14,20,24H,1-3,5-6,8-13,15-16H2. The number of Topliss-reactive ketones (excluding diaryl/α,β-unsaturated/α-hetero) is 1. The Morgan fingerprint density at radius 2 is 2.03 bits per heavy atom. The number of rotatable bonds is 3. The number of nitrogens with one attached hydrogen (secondary N) is 1. The summed E-state index contributed by atoms with van der Waals surface area (Å²) in [5.41, 5.74) is 0.0372. The van der Waals surface area contributed by atoms with E-state index in [0.717, 1.165) is 77.9 Å². The molecular formula is C22H31FN4O2. The first kappa shape index (κ1) is 19.4. The highest BCUT2D eigenvalue weighted by Crippen LogP contribution is 2.54. The molecule has 1 aromatic heterocycles. The molecule has 3 aliphatic heterocycles. The molecule has 7 heteroatoms. The van der Waals surface area contributed by atoms with Crippen LogP contribution in [0.25, 0.3) is 0 Å². The second-order valence-corrected chi connectivity index (χ2v) is 9.28. The van der Waals surface area contributed by atoms with Gasteiger partial charge in [-0.3, -0.25) is 14.7 Å². The summed E-state index contributed by atoms with van der Waals surface area (Å²) in [6.45, 7) is 6.34. The number of anilines is 1. The maximum atomic E-state index is 14.2. The van der Waals surface area contributed by atoms with Crippen LogP contribution in [0.2, 0.25) is 0 Å². The average Bonchev–Trinajstić information content (AvgIpc) is 3.05. The fourth-order valence-corrected chi connectivity index (χ4v) is 6.04. The van der Waals surface area contributed by atoms with Gasteiger partial charge in [-0.25, -0.2) is 4.39 Å². The van der Waals surface area contributed by atoms with Crippen molar-refractivity contribution >= 4 is 11.5 Å². The third-order valence-electron chi connectivity index (χ3n) is 7.55. The minimum Gasteiger partial charge on any atom is -0.370 e. The van der Waals surface area contributed by atoms with Crippen LogP contribution in [-0.2, 0) is 9.53 Å². The van der Waals surface area contributed by atoms with E-state index in [1.165, 1.54) is 6.20 Å². The van der Waals surface area contributed by atoms with Gasteiger partial charge in [0.2, 0.25) is 0 Å². The highest BCUT2D eigenvalue weighted by atomic mass is 19.1. The van der Waals surface area contributed by atoms with Gasteiger partial charge in [-0.15, -0.1) is 0 Å².